The summed E-state index contributed by atoms with van der Waals surface area (Å²) in [5.41, 5.74) is 0.790. The fourth-order valence-electron chi connectivity index (χ4n) is 2.31. The third kappa shape index (κ3) is 2.81. The SMILES string of the molecule is CN(Cc1cc2ccccc2o1)c1ncccc1S(N)(=O)=O. The van der Waals surface area contributed by atoms with Crippen molar-refractivity contribution in [1.29, 1.82) is 0 Å². The number of furan rings is 1. The van der Waals surface area contributed by atoms with Crippen molar-refractivity contribution in [3.63, 3.8) is 0 Å². The van der Waals surface area contributed by atoms with Gasteiger partial charge in [0.2, 0.25) is 10.0 Å². The van der Waals surface area contributed by atoms with Crippen LogP contribution in [0.5, 0.6) is 0 Å². The largest absolute Gasteiger partial charge is 0.459 e. The zero-order chi connectivity index (χ0) is 15.7. The highest BCUT2D eigenvalue weighted by molar-refractivity contribution is 7.89. The molecular weight excluding hydrogens is 302 g/mol. The summed E-state index contributed by atoms with van der Waals surface area (Å²) < 4.78 is 29.0. The molecule has 6 nitrogen and oxygen atoms in total. The maximum Gasteiger partial charge on any atom is 0.241 e. The van der Waals surface area contributed by atoms with Crippen molar-refractivity contribution in [1.82, 2.24) is 4.98 Å². The lowest BCUT2D eigenvalue weighted by molar-refractivity contribution is 0.544. The minimum Gasteiger partial charge on any atom is -0.459 e. The Labute approximate surface area is 128 Å². The van der Waals surface area contributed by atoms with Gasteiger partial charge in [0.05, 0.1) is 6.54 Å². The number of para-hydroxylation sites is 1. The quantitative estimate of drug-likeness (QED) is 0.796. The first-order chi connectivity index (χ1) is 10.4. The van der Waals surface area contributed by atoms with Crippen LogP contribution in [0, 0.1) is 0 Å². The van der Waals surface area contributed by atoms with E-state index in [2.05, 4.69) is 4.98 Å². The minimum absolute atomic E-state index is 0.00592. The summed E-state index contributed by atoms with van der Waals surface area (Å²) in [5, 5.41) is 6.23. The van der Waals surface area contributed by atoms with Gasteiger partial charge in [0.25, 0.3) is 0 Å². The van der Waals surface area contributed by atoms with Crippen molar-refractivity contribution < 1.29 is 12.8 Å². The summed E-state index contributed by atoms with van der Waals surface area (Å²) in [7, 11) is -2.09. The van der Waals surface area contributed by atoms with Gasteiger partial charge in [-0.2, -0.15) is 0 Å². The molecule has 0 unspecified atom stereocenters. The Morgan fingerprint density at radius 3 is 2.73 bits per heavy atom. The van der Waals surface area contributed by atoms with Gasteiger partial charge in [0.15, 0.2) is 0 Å². The van der Waals surface area contributed by atoms with Crippen LogP contribution in [-0.4, -0.2) is 20.4 Å². The Morgan fingerprint density at radius 2 is 2.00 bits per heavy atom. The number of hydrogen-bond acceptors (Lipinski definition) is 5. The van der Waals surface area contributed by atoms with E-state index in [1.807, 2.05) is 30.3 Å². The second kappa shape index (κ2) is 5.43. The molecule has 0 spiro atoms. The van der Waals surface area contributed by atoms with E-state index in [9.17, 15) is 8.42 Å². The molecule has 0 bridgehead atoms. The first kappa shape index (κ1) is 14.6. The number of anilines is 1. The molecule has 114 valence electrons. The van der Waals surface area contributed by atoms with Crippen molar-refractivity contribution in [3.8, 4) is 0 Å². The van der Waals surface area contributed by atoms with Crippen LogP contribution >= 0.6 is 0 Å². The van der Waals surface area contributed by atoms with E-state index in [1.54, 1.807) is 11.9 Å². The number of rotatable bonds is 4. The van der Waals surface area contributed by atoms with Gasteiger partial charge < -0.3 is 9.32 Å². The van der Waals surface area contributed by atoms with Gasteiger partial charge in [-0.1, -0.05) is 18.2 Å². The molecule has 0 amide bonds. The molecule has 2 aromatic heterocycles. The number of nitrogens with two attached hydrogens (primary N) is 1. The second-order valence-electron chi connectivity index (χ2n) is 4.98. The van der Waals surface area contributed by atoms with Crippen molar-refractivity contribution in [2.24, 2.45) is 5.14 Å². The van der Waals surface area contributed by atoms with Crippen LogP contribution in [0.25, 0.3) is 11.0 Å². The van der Waals surface area contributed by atoms with Crippen LogP contribution in [0.2, 0.25) is 0 Å². The zero-order valence-corrected chi connectivity index (χ0v) is 12.7. The number of benzene rings is 1. The Morgan fingerprint density at radius 1 is 1.23 bits per heavy atom. The van der Waals surface area contributed by atoms with Gasteiger partial charge in [-0.25, -0.2) is 18.5 Å². The van der Waals surface area contributed by atoms with E-state index < -0.39 is 10.0 Å². The second-order valence-corrected chi connectivity index (χ2v) is 6.51. The molecule has 3 aromatic rings. The van der Waals surface area contributed by atoms with E-state index >= 15 is 0 Å². The van der Waals surface area contributed by atoms with Crippen LogP contribution < -0.4 is 10.0 Å². The van der Waals surface area contributed by atoms with Gasteiger partial charge in [-0.3, -0.25) is 0 Å². The Balaban J connectivity index is 1.93. The molecule has 0 aliphatic heterocycles. The molecule has 7 heteroatoms. The summed E-state index contributed by atoms with van der Waals surface area (Å²) in [6.45, 7) is 0.383. The number of sulfonamides is 1. The number of pyridine rings is 1. The lowest BCUT2D eigenvalue weighted by atomic mass is 10.2. The van der Waals surface area contributed by atoms with E-state index in [-0.39, 0.29) is 4.90 Å². The first-order valence-corrected chi connectivity index (χ1v) is 8.16. The van der Waals surface area contributed by atoms with Crippen molar-refractivity contribution in [3.05, 3.63) is 54.4 Å². The van der Waals surface area contributed by atoms with Gasteiger partial charge in [-0.05, 0) is 24.3 Å². The van der Waals surface area contributed by atoms with Crippen LogP contribution in [-0.2, 0) is 16.6 Å². The smallest absolute Gasteiger partial charge is 0.241 e. The Kier molecular flexibility index (Phi) is 3.59. The maximum absolute atomic E-state index is 11.6. The van der Waals surface area contributed by atoms with E-state index in [4.69, 9.17) is 9.56 Å². The summed E-state index contributed by atoms with van der Waals surface area (Å²) in [4.78, 5) is 5.81. The molecule has 2 heterocycles. The average molecular weight is 317 g/mol. The molecule has 0 saturated carbocycles. The van der Waals surface area contributed by atoms with Crippen LogP contribution in [0.4, 0.5) is 5.82 Å². The van der Waals surface area contributed by atoms with Gasteiger partial charge in [0.1, 0.15) is 22.1 Å². The normalized spacial score (nSPS) is 11.7. The summed E-state index contributed by atoms with van der Waals surface area (Å²) in [6.07, 6.45) is 1.53. The number of aromatic nitrogens is 1. The molecule has 0 aliphatic rings. The molecule has 0 saturated heterocycles. The highest BCUT2D eigenvalue weighted by Crippen LogP contribution is 2.24. The number of hydrogen-bond donors (Lipinski definition) is 1. The fraction of sp³-hybridized carbons (Fsp3) is 0.133. The molecule has 0 fully saturated rings. The van der Waals surface area contributed by atoms with Crippen molar-refractivity contribution >= 4 is 26.8 Å². The number of primary sulfonamides is 1. The van der Waals surface area contributed by atoms with Gasteiger partial charge in [0, 0.05) is 18.6 Å². The summed E-state index contributed by atoms with van der Waals surface area (Å²) in [5.74, 6) is 1.01. The van der Waals surface area contributed by atoms with E-state index in [0.717, 1.165) is 16.7 Å². The maximum atomic E-state index is 11.6. The molecule has 22 heavy (non-hydrogen) atoms. The Hall–Kier alpha value is -2.38. The fourth-order valence-corrected chi connectivity index (χ4v) is 3.05. The van der Waals surface area contributed by atoms with Gasteiger partial charge in [-0.15, -0.1) is 0 Å². The molecule has 3 rings (SSSR count). The lowest BCUT2D eigenvalue weighted by Crippen LogP contribution is -2.22. The molecule has 1 aromatic carbocycles. The third-order valence-electron chi connectivity index (χ3n) is 3.29. The molecular formula is C15H15N3O3S. The topological polar surface area (TPSA) is 89.4 Å². The van der Waals surface area contributed by atoms with E-state index in [0.29, 0.717) is 12.4 Å². The highest BCUT2D eigenvalue weighted by atomic mass is 32.2. The summed E-state index contributed by atoms with van der Waals surface area (Å²) >= 11 is 0. The van der Waals surface area contributed by atoms with E-state index in [1.165, 1.54) is 18.3 Å². The average Bonchev–Trinajstić information content (AvgIpc) is 2.88. The van der Waals surface area contributed by atoms with Gasteiger partial charge >= 0.3 is 0 Å². The molecule has 0 radical (unpaired) electrons. The standard InChI is InChI=1S/C15H15N3O3S/c1-18(15-14(22(16,19)20)7-4-8-17-15)10-12-9-11-5-2-3-6-13(11)21-12/h2-9H,10H2,1H3,(H2,16,19,20). The number of fused-ring (bicyclic) bond motifs is 1. The van der Waals surface area contributed by atoms with Crippen molar-refractivity contribution in [2.75, 3.05) is 11.9 Å². The van der Waals surface area contributed by atoms with Crippen LogP contribution in [0.15, 0.2) is 58.0 Å². The van der Waals surface area contributed by atoms with Crippen molar-refractivity contribution in [2.45, 2.75) is 11.4 Å². The molecule has 0 aliphatic carbocycles. The lowest BCUT2D eigenvalue weighted by Gasteiger charge is -2.18. The third-order valence-corrected chi connectivity index (χ3v) is 4.22. The van der Waals surface area contributed by atoms with Crippen LogP contribution in [0.3, 0.4) is 0 Å². The first-order valence-electron chi connectivity index (χ1n) is 6.61. The zero-order valence-electron chi connectivity index (χ0n) is 11.9. The highest BCUT2D eigenvalue weighted by Gasteiger charge is 2.18. The molecule has 2 N–H and O–H groups in total. The monoisotopic (exact) mass is 317 g/mol. The predicted octanol–water partition coefficient (Wildman–Crippen LogP) is 2.11. The number of nitrogens with zero attached hydrogens (tertiary/aromatic N) is 2. The predicted molar refractivity (Wildman–Crippen MR) is 83.9 cm³/mol. The minimum atomic E-state index is -3.83. The Bertz CT molecular complexity index is 885. The molecule has 0 atom stereocenters. The van der Waals surface area contributed by atoms with Crippen LogP contribution in [0.1, 0.15) is 5.76 Å². The summed E-state index contributed by atoms with van der Waals surface area (Å²) in [6, 6.07) is 12.6.